The van der Waals surface area contributed by atoms with E-state index < -0.39 is 17.5 Å². The SMILES string of the molecule is C=C(C)C(=O)Oc1cc(O)cc(C(=O)OC(C)(C)C)c1. The van der Waals surface area contributed by atoms with Crippen molar-refractivity contribution in [3.8, 4) is 11.5 Å². The van der Waals surface area contributed by atoms with Crippen molar-refractivity contribution in [2.24, 2.45) is 0 Å². The molecule has 0 aliphatic rings. The Kier molecular flexibility index (Phi) is 4.55. The van der Waals surface area contributed by atoms with Crippen LogP contribution in [0.15, 0.2) is 30.4 Å². The Bertz CT molecular complexity index is 552. The van der Waals surface area contributed by atoms with Crippen LogP contribution in [-0.2, 0) is 9.53 Å². The van der Waals surface area contributed by atoms with Crippen LogP contribution >= 0.6 is 0 Å². The molecule has 0 aliphatic heterocycles. The highest BCUT2D eigenvalue weighted by Gasteiger charge is 2.19. The van der Waals surface area contributed by atoms with Crippen molar-refractivity contribution in [1.82, 2.24) is 0 Å². The predicted octanol–water partition coefficient (Wildman–Crippen LogP) is 2.83. The Hall–Kier alpha value is -2.30. The first-order valence-electron chi connectivity index (χ1n) is 6.03. The van der Waals surface area contributed by atoms with Gasteiger partial charge in [-0.2, -0.15) is 0 Å². The van der Waals surface area contributed by atoms with Crippen molar-refractivity contribution in [2.45, 2.75) is 33.3 Å². The van der Waals surface area contributed by atoms with Gasteiger partial charge in [-0.05, 0) is 39.8 Å². The summed E-state index contributed by atoms with van der Waals surface area (Å²) >= 11 is 0. The fourth-order valence-corrected chi connectivity index (χ4v) is 1.29. The number of hydrogen-bond acceptors (Lipinski definition) is 5. The molecule has 0 spiro atoms. The number of carbonyl (C=O) groups excluding carboxylic acids is 2. The second kappa shape index (κ2) is 5.77. The second-order valence-corrected chi connectivity index (χ2v) is 5.39. The molecule has 0 heterocycles. The summed E-state index contributed by atoms with van der Waals surface area (Å²) in [7, 11) is 0. The number of phenolic OH excluding ortho intramolecular Hbond substituents is 1. The fraction of sp³-hybridized carbons (Fsp3) is 0.333. The van der Waals surface area contributed by atoms with E-state index in [0.717, 1.165) is 0 Å². The smallest absolute Gasteiger partial charge is 0.338 e. The van der Waals surface area contributed by atoms with Crippen LogP contribution in [0.1, 0.15) is 38.1 Å². The summed E-state index contributed by atoms with van der Waals surface area (Å²) in [6.45, 7) is 10.1. The topological polar surface area (TPSA) is 72.8 Å². The Morgan fingerprint density at radius 2 is 1.80 bits per heavy atom. The van der Waals surface area contributed by atoms with Gasteiger partial charge in [-0.3, -0.25) is 0 Å². The predicted molar refractivity (Wildman–Crippen MR) is 73.7 cm³/mol. The molecular weight excluding hydrogens is 260 g/mol. The highest BCUT2D eigenvalue weighted by molar-refractivity contribution is 5.92. The lowest BCUT2D eigenvalue weighted by molar-refractivity contribution is -0.130. The molecule has 1 aromatic carbocycles. The number of carbonyl (C=O) groups is 2. The Balaban J connectivity index is 3.00. The van der Waals surface area contributed by atoms with Crippen LogP contribution in [0.2, 0.25) is 0 Å². The standard InChI is InChI=1S/C15H18O5/c1-9(2)13(17)19-12-7-10(6-11(16)8-12)14(18)20-15(3,4)5/h6-8,16H,1H2,2-5H3. The molecule has 0 atom stereocenters. The maximum absolute atomic E-state index is 11.9. The van der Waals surface area contributed by atoms with E-state index in [2.05, 4.69) is 6.58 Å². The molecule has 1 rings (SSSR count). The van der Waals surface area contributed by atoms with Gasteiger partial charge < -0.3 is 14.6 Å². The number of benzene rings is 1. The summed E-state index contributed by atoms with van der Waals surface area (Å²) < 4.78 is 10.1. The van der Waals surface area contributed by atoms with Gasteiger partial charge in [-0.15, -0.1) is 0 Å². The average Bonchev–Trinajstić information content (AvgIpc) is 2.25. The van der Waals surface area contributed by atoms with Crippen molar-refractivity contribution in [3.05, 3.63) is 35.9 Å². The minimum atomic E-state index is -0.656. The molecule has 0 aliphatic carbocycles. The van der Waals surface area contributed by atoms with E-state index in [1.165, 1.54) is 25.1 Å². The normalized spacial score (nSPS) is 10.8. The molecule has 0 unspecified atom stereocenters. The van der Waals surface area contributed by atoms with Gasteiger partial charge in [0.25, 0.3) is 0 Å². The molecule has 0 bridgehead atoms. The summed E-state index contributed by atoms with van der Waals surface area (Å²) in [5.41, 5.74) is -0.339. The van der Waals surface area contributed by atoms with E-state index in [1.54, 1.807) is 20.8 Å². The average molecular weight is 278 g/mol. The van der Waals surface area contributed by atoms with Crippen molar-refractivity contribution < 1.29 is 24.2 Å². The quantitative estimate of drug-likeness (QED) is 0.523. The van der Waals surface area contributed by atoms with Gasteiger partial charge in [0.1, 0.15) is 17.1 Å². The molecule has 0 saturated heterocycles. The van der Waals surface area contributed by atoms with E-state index in [1.807, 2.05) is 0 Å². The lowest BCUT2D eigenvalue weighted by Crippen LogP contribution is -2.23. The summed E-state index contributed by atoms with van der Waals surface area (Å²) in [6.07, 6.45) is 0. The highest BCUT2D eigenvalue weighted by atomic mass is 16.6. The van der Waals surface area contributed by atoms with Crippen molar-refractivity contribution in [3.63, 3.8) is 0 Å². The first-order chi connectivity index (χ1) is 9.08. The second-order valence-electron chi connectivity index (χ2n) is 5.39. The maximum atomic E-state index is 11.9. The first-order valence-corrected chi connectivity index (χ1v) is 6.03. The monoisotopic (exact) mass is 278 g/mol. The van der Waals surface area contributed by atoms with Crippen LogP contribution in [0.3, 0.4) is 0 Å². The molecule has 20 heavy (non-hydrogen) atoms. The number of rotatable bonds is 3. The Morgan fingerprint density at radius 1 is 1.20 bits per heavy atom. The van der Waals surface area contributed by atoms with E-state index in [9.17, 15) is 14.7 Å². The molecular formula is C15H18O5. The van der Waals surface area contributed by atoms with Crippen LogP contribution < -0.4 is 4.74 Å². The third-order valence-electron chi connectivity index (χ3n) is 2.08. The van der Waals surface area contributed by atoms with E-state index >= 15 is 0 Å². The largest absolute Gasteiger partial charge is 0.508 e. The summed E-state index contributed by atoms with van der Waals surface area (Å²) in [5, 5.41) is 9.57. The zero-order valence-electron chi connectivity index (χ0n) is 12.0. The third-order valence-corrected chi connectivity index (χ3v) is 2.08. The van der Waals surface area contributed by atoms with Crippen molar-refractivity contribution in [2.75, 3.05) is 0 Å². The van der Waals surface area contributed by atoms with Gasteiger partial charge in [0.15, 0.2) is 0 Å². The molecule has 108 valence electrons. The zero-order valence-corrected chi connectivity index (χ0v) is 12.0. The number of esters is 2. The van der Waals surface area contributed by atoms with Crippen LogP contribution in [0.25, 0.3) is 0 Å². The minimum absolute atomic E-state index is 0.0545. The number of aromatic hydroxyl groups is 1. The lowest BCUT2D eigenvalue weighted by atomic mass is 10.1. The molecule has 1 aromatic rings. The van der Waals surface area contributed by atoms with E-state index in [-0.39, 0.29) is 22.6 Å². The molecule has 0 amide bonds. The Morgan fingerprint density at radius 3 is 2.30 bits per heavy atom. The minimum Gasteiger partial charge on any atom is -0.508 e. The van der Waals surface area contributed by atoms with Crippen LogP contribution in [0.4, 0.5) is 0 Å². The van der Waals surface area contributed by atoms with E-state index in [4.69, 9.17) is 9.47 Å². The first kappa shape index (κ1) is 15.8. The molecule has 5 nitrogen and oxygen atoms in total. The third kappa shape index (κ3) is 4.76. The maximum Gasteiger partial charge on any atom is 0.338 e. The number of hydrogen-bond donors (Lipinski definition) is 1. The number of ether oxygens (including phenoxy) is 2. The fourth-order valence-electron chi connectivity index (χ4n) is 1.29. The lowest BCUT2D eigenvalue weighted by Gasteiger charge is -2.19. The summed E-state index contributed by atoms with van der Waals surface area (Å²) in [6, 6.07) is 3.80. The van der Waals surface area contributed by atoms with Gasteiger partial charge >= 0.3 is 11.9 Å². The highest BCUT2D eigenvalue weighted by Crippen LogP contribution is 2.24. The molecule has 5 heteroatoms. The molecule has 0 fully saturated rings. The molecule has 0 radical (unpaired) electrons. The zero-order chi connectivity index (χ0) is 15.5. The van der Waals surface area contributed by atoms with Gasteiger partial charge in [-0.25, -0.2) is 9.59 Å². The van der Waals surface area contributed by atoms with Crippen LogP contribution in [0.5, 0.6) is 11.5 Å². The van der Waals surface area contributed by atoms with Crippen molar-refractivity contribution in [1.29, 1.82) is 0 Å². The summed E-state index contributed by atoms with van der Waals surface area (Å²) in [4.78, 5) is 23.3. The van der Waals surface area contributed by atoms with Crippen LogP contribution in [-0.4, -0.2) is 22.6 Å². The van der Waals surface area contributed by atoms with Gasteiger partial charge in [-0.1, -0.05) is 6.58 Å². The van der Waals surface area contributed by atoms with Gasteiger partial charge in [0, 0.05) is 11.6 Å². The van der Waals surface area contributed by atoms with Crippen LogP contribution in [0, 0.1) is 0 Å². The molecule has 1 N–H and O–H groups in total. The van der Waals surface area contributed by atoms with Gasteiger partial charge in [0.2, 0.25) is 0 Å². The van der Waals surface area contributed by atoms with E-state index in [0.29, 0.717) is 0 Å². The van der Waals surface area contributed by atoms with Crippen molar-refractivity contribution >= 4 is 11.9 Å². The Labute approximate surface area is 117 Å². The molecule has 0 saturated carbocycles. The molecule has 0 aromatic heterocycles. The number of phenols is 1. The summed E-state index contributed by atoms with van der Waals surface area (Å²) in [5.74, 6) is -1.39. The van der Waals surface area contributed by atoms with Gasteiger partial charge in [0.05, 0.1) is 5.56 Å².